The molecule has 0 aliphatic carbocycles. The topological polar surface area (TPSA) is 47.6 Å². The molecule has 124 valence electrons. The van der Waals surface area contributed by atoms with Gasteiger partial charge >= 0.3 is 0 Å². The van der Waals surface area contributed by atoms with Crippen molar-refractivity contribution in [1.82, 2.24) is 5.32 Å². The van der Waals surface area contributed by atoms with E-state index >= 15 is 0 Å². The number of hydrogen-bond acceptors (Lipinski definition) is 3. The summed E-state index contributed by atoms with van der Waals surface area (Å²) < 4.78 is 11.3. The number of ether oxygens (including phenoxy) is 2. The largest absolute Gasteiger partial charge is 0.494 e. The Bertz CT molecular complexity index is 478. The second-order valence-corrected chi connectivity index (χ2v) is 6.37. The third-order valence-electron chi connectivity index (χ3n) is 3.01. The number of carbonyl (C=O) groups is 1. The maximum absolute atomic E-state index is 12.3. The summed E-state index contributed by atoms with van der Waals surface area (Å²) in [6.45, 7) is 11.8. The molecule has 0 aliphatic rings. The van der Waals surface area contributed by atoms with Gasteiger partial charge in [0.2, 0.25) is 0 Å². The second kappa shape index (κ2) is 8.79. The smallest absolute Gasteiger partial charge is 0.251 e. The van der Waals surface area contributed by atoms with Crippen LogP contribution in [0.15, 0.2) is 18.2 Å². The molecule has 1 amide bonds. The molecule has 0 atom stereocenters. The number of rotatable bonds is 8. The Kier molecular flexibility index (Phi) is 7.39. The van der Waals surface area contributed by atoms with Crippen LogP contribution in [-0.4, -0.2) is 24.7 Å². The molecule has 0 spiro atoms. The lowest BCUT2D eigenvalue weighted by atomic mass is 10.1. The molecular weight excluding hydrogens is 278 g/mol. The minimum absolute atomic E-state index is 0.0784. The zero-order valence-electron chi connectivity index (χ0n) is 14.5. The van der Waals surface area contributed by atoms with Gasteiger partial charge in [-0.1, -0.05) is 13.3 Å². The van der Waals surface area contributed by atoms with E-state index in [0.717, 1.165) is 30.8 Å². The van der Waals surface area contributed by atoms with Gasteiger partial charge in [-0.05, 0) is 52.3 Å². The summed E-state index contributed by atoms with van der Waals surface area (Å²) in [5, 5.41) is 2.97. The Morgan fingerprint density at radius 1 is 1.23 bits per heavy atom. The Morgan fingerprint density at radius 2 is 1.95 bits per heavy atom. The minimum Gasteiger partial charge on any atom is -0.494 e. The van der Waals surface area contributed by atoms with E-state index in [1.54, 1.807) is 6.07 Å². The Hall–Kier alpha value is -1.55. The fourth-order valence-electron chi connectivity index (χ4n) is 1.97. The zero-order chi connectivity index (χ0) is 16.6. The van der Waals surface area contributed by atoms with E-state index in [9.17, 15) is 4.79 Å². The molecular formula is C18H29NO3. The molecule has 0 aromatic heterocycles. The second-order valence-electron chi connectivity index (χ2n) is 6.37. The number of carbonyl (C=O) groups excluding carboxylic acids is 1. The summed E-state index contributed by atoms with van der Waals surface area (Å²) in [5.74, 6) is 0.705. The molecule has 0 saturated heterocycles. The molecule has 1 aromatic rings. The lowest BCUT2D eigenvalue weighted by Crippen LogP contribution is -2.40. The van der Waals surface area contributed by atoms with Crippen LogP contribution in [-0.2, 0) is 11.3 Å². The number of hydrogen-bond donors (Lipinski definition) is 1. The van der Waals surface area contributed by atoms with Crippen molar-refractivity contribution >= 4 is 5.91 Å². The van der Waals surface area contributed by atoms with Crippen LogP contribution in [0.5, 0.6) is 5.75 Å². The fraction of sp³-hybridized carbons (Fsp3) is 0.611. The van der Waals surface area contributed by atoms with Gasteiger partial charge in [0.1, 0.15) is 5.75 Å². The standard InChI is InChI=1S/C18H29NO3/c1-6-8-11-21-13-15-12-14(9-10-16(15)22-7-2)17(20)19-18(3,4)5/h9-10,12H,6-8,11,13H2,1-5H3,(H,19,20). The SMILES string of the molecule is CCCCOCc1cc(C(=O)NC(C)(C)C)ccc1OCC. The van der Waals surface area contributed by atoms with Crippen molar-refractivity contribution in [2.75, 3.05) is 13.2 Å². The zero-order valence-corrected chi connectivity index (χ0v) is 14.5. The van der Waals surface area contributed by atoms with Crippen molar-refractivity contribution < 1.29 is 14.3 Å². The monoisotopic (exact) mass is 307 g/mol. The van der Waals surface area contributed by atoms with Gasteiger partial charge in [-0.2, -0.15) is 0 Å². The third kappa shape index (κ3) is 6.48. The summed E-state index contributed by atoms with van der Waals surface area (Å²) in [5.41, 5.74) is 1.29. The average molecular weight is 307 g/mol. The normalized spacial score (nSPS) is 11.3. The first-order valence-corrected chi connectivity index (χ1v) is 8.03. The lowest BCUT2D eigenvalue weighted by Gasteiger charge is -2.21. The molecule has 0 unspecified atom stereocenters. The van der Waals surface area contributed by atoms with Gasteiger partial charge in [0.15, 0.2) is 0 Å². The van der Waals surface area contributed by atoms with Gasteiger partial charge in [0.25, 0.3) is 5.91 Å². The van der Waals surface area contributed by atoms with Crippen LogP contribution in [0.2, 0.25) is 0 Å². The van der Waals surface area contributed by atoms with E-state index in [1.807, 2.05) is 39.8 Å². The number of benzene rings is 1. The first-order valence-electron chi connectivity index (χ1n) is 8.03. The predicted octanol–water partition coefficient (Wildman–Crippen LogP) is 3.93. The fourth-order valence-corrected chi connectivity index (χ4v) is 1.97. The Morgan fingerprint density at radius 3 is 2.55 bits per heavy atom. The molecule has 4 nitrogen and oxygen atoms in total. The molecule has 0 radical (unpaired) electrons. The maximum Gasteiger partial charge on any atom is 0.251 e. The quantitative estimate of drug-likeness (QED) is 0.740. The van der Waals surface area contributed by atoms with Crippen molar-refractivity contribution in [3.05, 3.63) is 29.3 Å². The van der Waals surface area contributed by atoms with Crippen LogP contribution in [0.3, 0.4) is 0 Å². The molecule has 0 aliphatic heterocycles. The van der Waals surface area contributed by atoms with Gasteiger partial charge < -0.3 is 14.8 Å². The highest BCUT2D eigenvalue weighted by Gasteiger charge is 2.16. The van der Waals surface area contributed by atoms with Crippen LogP contribution in [0.25, 0.3) is 0 Å². The molecule has 1 N–H and O–H groups in total. The van der Waals surface area contributed by atoms with Crippen LogP contribution in [0.1, 0.15) is 63.4 Å². The Labute approximate surface area is 134 Å². The predicted molar refractivity (Wildman–Crippen MR) is 89.4 cm³/mol. The summed E-state index contributed by atoms with van der Waals surface area (Å²) >= 11 is 0. The molecule has 1 rings (SSSR count). The summed E-state index contributed by atoms with van der Waals surface area (Å²) in [4.78, 5) is 12.3. The first-order chi connectivity index (χ1) is 10.4. The van der Waals surface area contributed by atoms with Crippen molar-refractivity contribution in [2.45, 2.75) is 59.6 Å². The van der Waals surface area contributed by atoms with Gasteiger partial charge in [-0.15, -0.1) is 0 Å². The van der Waals surface area contributed by atoms with E-state index in [-0.39, 0.29) is 11.4 Å². The van der Waals surface area contributed by atoms with E-state index in [1.165, 1.54) is 0 Å². The minimum atomic E-state index is -0.256. The van der Waals surface area contributed by atoms with E-state index in [2.05, 4.69) is 12.2 Å². The number of unbranched alkanes of at least 4 members (excludes halogenated alkanes) is 1. The third-order valence-corrected chi connectivity index (χ3v) is 3.01. The van der Waals surface area contributed by atoms with Gasteiger partial charge in [0, 0.05) is 23.3 Å². The first kappa shape index (κ1) is 18.5. The maximum atomic E-state index is 12.3. The van der Waals surface area contributed by atoms with Crippen molar-refractivity contribution in [3.63, 3.8) is 0 Å². The van der Waals surface area contributed by atoms with Crippen molar-refractivity contribution in [3.8, 4) is 5.75 Å². The van der Waals surface area contributed by atoms with Gasteiger partial charge in [-0.25, -0.2) is 0 Å². The highest BCUT2D eigenvalue weighted by atomic mass is 16.5. The van der Waals surface area contributed by atoms with Gasteiger partial charge in [0.05, 0.1) is 13.2 Å². The van der Waals surface area contributed by atoms with Crippen LogP contribution >= 0.6 is 0 Å². The summed E-state index contributed by atoms with van der Waals surface area (Å²) in [6.07, 6.45) is 2.14. The lowest BCUT2D eigenvalue weighted by molar-refractivity contribution is 0.0918. The molecule has 1 aromatic carbocycles. The number of amides is 1. The molecule has 4 heteroatoms. The highest BCUT2D eigenvalue weighted by Crippen LogP contribution is 2.22. The molecule has 22 heavy (non-hydrogen) atoms. The van der Waals surface area contributed by atoms with Crippen molar-refractivity contribution in [2.24, 2.45) is 0 Å². The van der Waals surface area contributed by atoms with Crippen LogP contribution in [0.4, 0.5) is 0 Å². The van der Waals surface area contributed by atoms with Crippen molar-refractivity contribution in [1.29, 1.82) is 0 Å². The van der Waals surface area contributed by atoms with E-state index in [4.69, 9.17) is 9.47 Å². The van der Waals surface area contributed by atoms with Crippen LogP contribution in [0, 0.1) is 0 Å². The van der Waals surface area contributed by atoms with E-state index < -0.39 is 0 Å². The average Bonchev–Trinajstić information content (AvgIpc) is 2.43. The molecule has 0 heterocycles. The molecule has 0 saturated carbocycles. The summed E-state index contributed by atoms with van der Waals surface area (Å²) in [7, 11) is 0. The highest BCUT2D eigenvalue weighted by molar-refractivity contribution is 5.95. The summed E-state index contributed by atoms with van der Waals surface area (Å²) in [6, 6.07) is 5.50. The van der Waals surface area contributed by atoms with Crippen LogP contribution < -0.4 is 10.1 Å². The Balaban J connectivity index is 2.85. The van der Waals surface area contributed by atoms with Gasteiger partial charge in [-0.3, -0.25) is 4.79 Å². The molecule has 0 bridgehead atoms. The molecule has 0 fully saturated rings. The van der Waals surface area contributed by atoms with E-state index in [0.29, 0.717) is 18.8 Å². The number of nitrogens with one attached hydrogen (secondary N) is 1.